The van der Waals surface area contributed by atoms with Crippen molar-refractivity contribution in [2.75, 3.05) is 19.6 Å². The van der Waals surface area contributed by atoms with Gasteiger partial charge in [0.05, 0.1) is 0 Å². The lowest BCUT2D eigenvalue weighted by atomic mass is 9.89. The summed E-state index contributed by atoms with van der Waals surface area (Å²) in [7, 11) is 0. The Bertz CT molecular complexity index is 274. The summed E-state index contributed by atoms with van der Waals surface area (Å²) in [6.45, 7) is 7.39. The van der Waals surface area contributed by atoms with Crippen molar-refractivity contribution < 1.29 is 4.79 Å². The first kappa shape index (κ1) is 13.9. The van der Waals surface area contributed by atoms with Crippen LogP contribution in [0, 0.1) is 11.8 Å². The SMILES string of the molecule is CCCC(C)C(=O)N1CCCC(C2CCCN2)C1. The minimum Gasteiger partial charge on any atom is -0.342 e. The summed E-state index contributed by atoms with van der Waals surface area (Å²) < 4.78 is 0. The van der Waals surface area contributed by atoms with Gasteiger partial charge in [0.25, 0.3) is 0 Å². The van der Waals surface area contributed by atoms with E-state index < -0.39 is 0 Å². The number of carbonyl (C=O) groups excluding carboxylic acids is 1. The third-order valence-electron chi connectivity index (χ3n) is 4.58. The highest BCUT2D eigenvalue weighted by Gasteiger charge is 2.31. The average molecular weight is 252 g/mol. The Hall–Kier alpha value is -0.570. The molecule has 0 bridgehead atoms. The van der Waals surface area contributed by atoms with Gasteiger partial charge in [0, 0.05) is 25.0 Å². The topological polar surface area (TPSA) is 32.3 Å². The molecule has 2 saturated heterocycles. The molecule has 3 atom stereocenters. The smallest absolute Gasteiger partial charge is 0.225 e. The van der Waals surface area contributed by atoms with Crippen molar-refractivity contribution in [3.05, 3.63) is 0 Å². The highest BCUT2D eigenvalue weighted by molar-refractivity contribution is 5.78. The first-order valence-electron chi connectivity index (χ1n) is 7.74. The van der Waals surface area contributed by atoms with Crippen LogP contribution in [0.2, 0.25) is 0 Å². The molecule has 104 valence electrons. The van der Waals surface area contributed by atoms with E-state index in [1.54, 1.807) is 0 Å². The minimum absolute atomic E-state index is 0.213. The second kappa shape index (κ2) is 6.55. The van der Waals surface area contributed by atoms with E-state index in [1.807, 2.05) is 0 Å². The summed E-state index contributed by atoms with van der Waals surface area (Å²) in [4.78, 5) is 14.5. The zero-order valence-corrected chi connectivity index (χ0v) is 12.0. The number of amides is 1. The fourth-order valence-corrected chi connectivity index (χ4v) is 3.52. The molecule has 0 aliphatic carbocycles. The van der Waals surface area contributed by atoms with Gasteiger partial charge in [0.2, 0.25) is 5.91 Å². The lowest BCUT2D eigenvalue weighted by molar-refractivity contribution is -0.137. The third kappa shape index (κ3) is 3.25. The molecule has 2 aliphatic rings. The number of nitrogens with one attached hydrogen (secondary N) is 1. The highest BCUT2D eigenvalue weighted by Crippen LogP contribution is 2.26. The van der Waals surface area contributed by atoms with E-state index >= 15 is 0 Å². The highest BCUT2D eigenvalue weighted by atomic mass is 16.2. The summed E-state index contributed by atoms with van der Waals surface area (Å²) in [6.07, 6.45) is 7.23. The predicted octanol–water partition coefficient (Wildman–Crippen LogP) is 2.41. The van der Waals surface area contributed by atoms with Crippen LogP contribution in [0.5, 0.6) is 0 Å². The summed E-state index contributed by atoms with van der Waals surface area (Å²) in [5, 5.41) is 3.60. The van der Waals surface area contributed by atoms with Gasteiger partial charge in [-0.05, 0) is 44.6 Å². The molecular weight excluding hydrogens is 224 g/mol. The molecule has 0 spiro atoms. The van der Waals surface area contributed by atoms with Crippen LogP contribution in [0.1, 0.15) is 52.4 Å². The van der Waals surface area contributed by atoms with Crippen molar-refractivity contribution in [3.8, 4) is 0 Å². The maximum Gasteiger partial charge on any atom is 0.225 e. The number of rotatable bonds is 4. The van der Waals surface area contributed by atoms with Crippen LogP contribution < -0.4 is 5.32 Å². The molecule has 0 aromatic carbocycles. The molecule has 2 heterocycles. The molecule has 0 aromatic rings. The number of hydrogen-bond donors (Lipinski definition) is 1. The standard InChI is InChI=1S/C15H28N2O/c1-3-6-12(2)15(18)17-10-5-7-13(11-17)14-8-4-9-16-14/h12-14,16H,3-11H2,1-2H3. The molecule has 1 N–H and O–H groups in total. The first-order chi connectivity index (χ1) is 8.72. The van der Waals surface area contributed by atoms with Crippen LogP contribution in [0.3, 0.4) is 0 Å². The van der Waals surface area contributed by atoms with Gasteiger partial charge in [0.15, 0.2) is 0 Å². The van der Waals surface area contributed by atoms with Crippen LogP contribution in [-0.2, 0) is 4.79 Å². The molecule has 2 fully saturated rings. The molecule has 3 heteroatoms. The molecule has 0 aromatic heterocycles. The Kier molecular flexibility index (Phi) is 5.04. The van der Waals surface area contributed by atoms with Gasteiger partial charge in [0.1, 0.15) is 0 Å². The van der Waals surface area contributed by atoms with Crippen molar-refractivity contribution >= 4 is 5.91 Å². The number of nitrogens with zero attached hydrogens (tertiary/aromatic N) is 1. The van der Waals surface area contributed by atoms with Crippen molar-refractivity contribution in [1.29, 1.82) is 0 Å². The molecule has 0 radical (unpaired) electrons. The molecule has 2 aliphatic heterocycles. The van der Waals surface area contributed by atoms with Crippen LogP contribution in [0.25, 0.3) is 0 Å². The van der Waals surface area contributed by atoms with E-state index in [-0.39, 0.29) is 5.92 Å². The minimum atomic E-state index is 0.213. The van der Waals surface area contributed by atoms with Crippen molar-refractivity contribution in [1.82, 2.24) is 10.2 Å². The Morgan fingerprint density at radius 2 is 2.22 bits per heavy atom. The molecule has 2 rings (SSSR count). The fourth-order valence-electron chi connectivity index (χ4n) is 3.52. The number of piperidine rings is 1. The molecule has 3 nitrogen and oxygen atoms in total. The van der Waals surface area contributed by atoms with Gasteiger partial charge in [-0.3, -0.25) is 4.79 Å². The Balaban J connectivity index is 1.87. The van der Waals surface area contributed by atoms with Crippen LogP contribution in [0.4, 0.5) is 0 Å². The van der Waals surface area contributed by atoms with Crippen LogP contribution >= 0.6 is 0 Å². The Morgan fingerprint density at radius 1 is 1.39 bits per heavy atom. The van der Waals surface area contributed by atoms with Gasteiger partial charge in [-0.2, -0.15) is 0 Å². The van der Waals surface area contributed by atoms with Gasteiger partial charge >= 0.3 is 0 Å². The van der Waals surface area contributed by atoms with Crippen molar-refractivity contribution in [3.63, 3.8) is 0 Å². The van der Waals surface area contributed by atoms with Gasteiger partial charge in [-0.25, -0.2) is 0 Å². The van der Waals surface area contributed by atoms with Crippen molar-refractivity contribution in [2.24, 2.45) is 11.8 Å². The lowest BCUT2D eigenvalue weighted by Gasteiger charge is -2.37. The zero-order chi connectivity index (χ0) is 13.0. The quantitative estimate of drug-likeness (QED) is 0.833. The van der Waals surface area contributed by atoms with Crippen LogP contribution in [-0.4, -0.2) is 36.5 Å². The summed E-state index contributed by atoms with van der Waals surface area (Å²) >= 11 is 0. The van der Waals surface area contributed by atoms with Gasteiger partial charge < -0.3 is 10.2 Å². The van der Waals surface area contributed by atoms with E-state index in [2.05, 4.69) is 24.1 Å². The Morgan fingerprint density at radius 3 is 2.89 bits per heavy atom. The van der Waals surface area contributed by atoms with E-state index in [4.69, 9.17) is 0 Å². The van der Waals surface area contributed by atoms with E-state index in [9.17, 15) is 4.79 Å². The fraction of sp³-hybridized carbons (Fsp3) is 0.933. The molecular formula is C15H28N2O. The Labute approximate surface area is 111 Å². The zero-order valence-electron chi connectivity index (χ0n) is 12.0. The molecule has 0 saturated carbocycles. The van der Waals surface area contributed by atoms with E-state index in [0.29, 0.717) is 17.9 Å². The molecule has 1 amide bonds. The van der Waals surface area contributed by atoms with Gasteiger partial charge in [-0.1, -0.05) is 20.3 Å². The van der Waals surface area contributed by atoms with E-state index in [1.165, 1.54) is 32.2 Å². The summed E-state index contributed by atoms with van der Waals surface area (Å²) in [5.41, 5.74) is 0. The second-order valence-corrected chi connectivity index (χ2v) is 6.08. The monoisotopic (exact) mass is 252 g/mol. The number of carbonyl (C=O) groups is 1. The summed E-state index contributed by atoms with van der Waals surface area (Å²) in [6, 6.07) is 0.669. The van der Waals surface area contributed by atoms with Crippen molar-refractivity contribution in [2.45, 2.75) is 58.4 Å². The summed E-state index contributed by atoms with van der Waals surface area (Å²) in [5.74, 6) is 1.30. The maximum atomic E-state index is 12.4. The van der Waals surface area contributed by atoms with Crippen LogP contribution in [0.15, 0.2) is 0 Å². The number of likely N-dealkylation sites (tertiary alicyclic amines) is 1. The molecule has 3 unspecified atom stereocenters. The maximum absolute atomic E-state index is 12.4. The number of hydrogen-bond acceptors (Lipinski definition) is 2. The van der Waals surface area contributed by atoms with E-state index in [0.717, 1.165) is 25.9 Å². The predicted molar refractivity (Wildman–Crippen MR) is 74.4 cm³/mol. The molecule has 18 heavy (non-hydrogen) atoms. The van der Waals surface area contributed by atoms with Gasteiger partial charge in [-0.15, -0.1) is 0 Å². The second-order valence-electron chi connectivity index (χ2n) is 6.08. The third-order valence-corrected chi connectivity index (χ3v) is 4.58. The normalized spacial score (nSPS) is 30.4. The largest absolute Gasteiger partial charge is 0.342 e. The first-order valence-corrected chi connectivity index (χ1v) is 7.74. The average Bonchev–Trinajstić information content (AvgIpc) is 2.92. The lowest BCUT2D eigenvalue weighted by Crippen LogP contribution is -2.47.